The molecule has 0 unspecified atom stereocenters. The van der Waals surface area contributed by atoms with Crippen molar-refractivity contribution in [2.45, 2.75) is 26.4 Å². The van der Waals surface area contributed by atoms with Crippen LogP contribution >= 0.6 is 0 Å². The second kappa shape index (κ2) is 18.1. The molecule has 8 rings (SSSR count). The van der Waals surface area contributed by atoms with Gasteiger partial charge in [0.1, 0.15) is 48.5 Å². The fraction of sp³-hybridized carbons (Fsp3) is 0.192. The van der Waals surface area contributed by atoms with E-state index in [1.165, 1.54) is 0 Å². The van der Waals surface area contributed by atoms with Crippen molar-refractivity contribution in [1.82, 2.24) is 4.90 Å². The quantitative estimate of drug-likeness (QED) is 0.0818. The van der Waals surface area contributed by atoms with E-state index in [2.05, 4.69) is 87.6 Å². The van der Waals surface area contributed by atoms with Gasteiger partial charge in [0.15, 0.2) is 25.0 Å². The lowest BCUT2D eigenvalue weighted by Gasteiger charge is -2.32. The first-order valence-electron chi connectivity index (χ1n) is 19.5. The molecule has 294 valence electrons. The summed E-state index contributed by atoms with van der Waals surface area (Å²) in [7, 11) is 0. The maximum atomic E-state index is 6.22. The van der Waals surface area contributed by atoms with Crippen LogP contribution in [0.25, 0.3) is 22.3 Å². The highest BCUT2D eigenvalue weighted by molar-refractivity contribution is 5.68. The van der Waals surface area contributed by atoms with Crippen LogP contribution in [0.4, 0.5) is 5.69 Å². The Morgan fingerprint density at radius 1 is 0.650 bits per heavy atom. The third-order valence-corrected chi connectivity index (χ3v) is 10.0. The zero-order valence-corrected chi connectivity index (χ0v) is 33.2. The molecule has 8 heteroatoms. The minimum Gasteiger partial charge on any atom is -0.492 e. The molecule has 2 heterocycles. The second-order valence-electron chi connectivity index (χ2n) is 14.0. The van der Waals surface area contributed by atoms with Gasteiger partial charge in [-0.15, -0.1) is 19.3 Å². The van der Waals surface area contributed by atoms with E-state index in [1.54, 1.807) is 0 Å². The molecule has 0 radical (unpaired) electrons. The summed E-state index contributed by atoms with van der Waals surface area (Å²) in [6.07, 6.45) is 18.8. The molecule has 0 spiro atoms. The highest BCUT2D eigenvalue weighted by Crippen LogP contribution is 2.38. The van der Waals surface area contributed by atoms with E-state index in [0.29, 0.717) is 51.1 Å². The van der Waals surface area contributed by atoms with E-state index >= 15 is 0 Å². The van der Waals surface area contributed by atoms with Gasteiger partial charge in [-0.2, -0.15) is 0 Å². The molecule has 0 saturated carbocycles. The monoisotopic (exact) mass is 788 g/mol. The van der Waals surface area contributed by atoms with Crippen molar-refractivity contribution in [3.05, 3.63) is 154 Å². The number of benzene rings is 4. The SMILES string of the molecule is C#CCOC1=CC(Cc2ccc(N3COc4ccc(-c5c#cc(OCC#C)cc5)cc4C3)c(OCC)c2)=C=C=C1N1COc2ccc(-c3ccc(OCC#C)cc3)cc2C1. The molecule has 0 amide bonds. The van der Waals surface area contributed by atoms with E-state index in [1.807, 2.05) is 67.6 Å². The Morgan fingerprint density at radius 2 is 1.33 bits per heavy atom. The Balaban J connectivity index is 0.998. The zero-order chi connectivity index (χ0) is 41.3. The van der Waals surface area contributed by atoms with Crippen LogP contribution < -0.4 is 28.6 Å². The highest BCUT2D eigenvalue weighted by Gasteiger charge is 2.26. The molecule has 0 fully saturated rings. The van der Waals surface area contributed by atoms with Crippen molar-refractivity contribution in [3.63, 3.8) is 0 Å². The molecular weight excluding hydrogens is 749 g/mol. The van der Waals surface area contributed by atoms with Gasteiger partial charge >= 0.3 is 0 Å². The molecule has 0 saturated heterocycles. The van der Waals surface area contributed by atoms with Crippen LogP contribution in [0.3, 0.4) is 0 Å². The zero-order valence-electron chi connectivity index (χ0n) is 33.2. The molecular formula is C52H40N2O6. The predicted molar refractivity (Wildman–Crippen MR) is 231 cm³/mol. The van der Waals surface area contributed by atoms with Gasteiger partial charge in [-0.25, -0.2) is 0 Å². The number of allylic oxidation sites excluding steroid dienone is 2. The van der Waals surface area contributed by atoms with E-state index in [0.717, 1.165) is 78.9 Å². The number of ether oxygens (including phenoxy) is 6. The highest BCUT2D eigenvalue weighted by atomic mass is 16.5. The Morgan fingerprint density at radius 3 is 2.07 bits per heavy atom. The first kappa shape index (κ1) is 38.9. The topological polar surface area (TPSA) is 61.9 Å². The van der Waals surface area contributed by atoms with E-state index in [4.69, 9.17) is 47.7 Å². The fourth-order valence-corrected chi connectivity index (χ4v) is 7.19. The third kappa shape index (κ3) is 8.79. The number of nitrogens with zero attached hydrogens (tertiary/aromatic N) is 2. The molecule has 0 bridgehead atoms. The summed E-state index contributed by atoms with van der Waals surface area (Å²) in [5, 5.41) is 0. The van der Waals surface area contributed by atoms with Gasteiger partial charge in [-0.1, -0.05) is 59.9 Å². The molecule has 3 aliphatic rings. The first-order chi connectivity index (χ1) is 29.5. The maximum Gasteiger partial charge on any atom is 0.171 e. The van der Waals surface area contributed by atoms with Gasteiger partial charge < -0.3 is 38.2 Å². The normalized spacial score (nSPS) is 13.5. The number of hydrogen-bond acceptors (Lipinski definition) is 8. The van der Waals surface area contributed by atoms with Crippen LogP contribution in [0.5, 0.6) is 28.7 Å². The third-order valence-electron chi connectivity index (χ3n) is 10.0. The molecule has 5 aromatic rings. The maximum absolute atomic E-state index is 6.22. The molecule has 1 aliphatic carbocycles. The Kier molecular flexibility index (Phi) is 11.7. The molecule has 5 aromatic carbocycles. The van der Waals surface area contributed by atoms with Gasteiger partial charge in [-0.05, 0) is 108 Å². The molecule has 8 nitrogen and oxygen atoms in total. The van der Waals surface area contributed by atoms with E-state index < -0.39 is 0 Å². The van der Waals surface area contributed by atoms with Gasteiger partial charge in [0.25, 0.3) is 0 Å². The number of rotatable bonds is 14. The largest absolute Gasteiger partial charge is 0.492 e. The van der Waals surface area contributed by atoms with Crippen molar-refractivity contribution in [2.75, 3.05) is 44.8 Å². The van der Waals surface area contributed by atoms with Gasteiger partial charge in [0.2, 0.25) is 0 Å². The van der Waals surface area contributed by atoms with Crippen molar-refractivity contribution >= 4 is 5.69 Å². The van der Waals surface area contributed by atoms with Crippen LogP contribution in [-0.2, 0) is 24.2 Å². The predicted octanol–water partition coefficient (Wildman–Crippen LogP) is 8.91. The van der Waals surface area contributed by atoms with Gasteiger partial charge in [0, 0.05) is 35.2 Å². The average Bonchev–Trinajstić information content (AvgIpc) is 3.29. The van der Waals surface area contributed by atoms with Crippen LogP contribution in [0, 0.1) is 49.2 Å². The van der Waals surface area contributed by atoms with Crippen molar-refractivity contribution in [1.29, 1.82) is 0 Å². The molecule has 0 atom stereocenters. The average molecular weight is 789 g/mol. The number of fused-ring (bicyclic) bond motifs is 2. The standard InChI is InChI=1S/C52H40N2O6/c1-5-25-56-45-17-11-39(12-18-45)41-15-23-49-43(31-41)33-53(35-59-49)47-21-9-37(29-51(47)55-8-4)28-38-10-22-48(52(30-38)58-27-7-3)54-34-44-32-42(16-24-50(44)60-36-54)40-13-19-46(20-14-40)57-26-6-2/h1-3,9,11,13-17,19-21,23-24,29-32H,8,25-28,33-36H2,4H3. The lowest BCUT2D eigenvalue weighted by atomic mass is 10.00. The summed E-state index contributed by atoms with van der Waals surface area (Å²) >= 11 is 0. The molecule has 60 heavy (non-hydrogen) atoms. The molecule has 2 aliphatic heterocycles. The Labute approximate surface area is 351 Å². The number of hydrogen-bond donors (Lipinski definition) is 0. The van der Waals surface area contributed by atoms with Gasteiger partial charge in [-0.3, -0.25) is 0 Å². The lowest BCUT2D eigenvalue weighted by molar-refractivity contribution is 0.117. The molecule has 0 N–H and O–H groups in total. The van der Waals surface area contributed by atoms with Crippen LogP contribution in [0.1, 0.15) is 23.6 Å². The summed E-state index contributed by atoms with van der Waals surface area (Å²) in [5.41, 5.74) is 16.5. The lowest BCUT2D eigenvalue weighted by Crippen LogP contribution is -2.32. The minimum absolute atomic E-state index is 0.109. The number of anilines is 1. The number of terminal acetylenes is 3. The second-order valence-corrected chi connectivity index (χ2v) is 14.0. The van der Waals surface area contributed by atoms with Crippen LogP contribution in [-0.4, -0.2) is 44.8 Å². The summed E-state index contributed by atoms with van der Waals surface area (Å²) in [4.78, 5) is 4.24. The smallest absolute Gasteiger partial charge is 0.171 e. The summed E-state index contributed by atoms with van der Waals surface area (Å²) < 4.78 is 35.8. The Bertz CT molecular complexity index is 2660. The minimum atomic E-state index is 0.109. The van der Waals surface area contributed by atoms with Crippen molar-refractivity contribution in [3.8, 4) is 88.0 Å². The van der Waals surface area contributed by atoms with E-state index in [9.17, 15) is 0 Å². The van der Waals surface area contributed by atoms with Crippen LogP contribution in [0.15, 0.2) is 126 Å². The van der Waals surface area contributed by atoms with Crippen molar-refractivity contribution in [2.24, 2.45) is 0 Å². The Hall–Kier alpha value is -7.96. The fourth-order valence-electron chi connectivity index (χ4n) is 7.19. The van der Waals surface area contributed by atoms with Crippen molar-refractivity contribution < 1.29 is 28.4 Å². The van der Waals surface area contributed by atoms with Gasteiger partial charge in [0.05, 0.1) is 18.8 Å². The van der Waals surface area contributed by atoms with E-state index in [-0.39, 0.29) is 19.8 Å². The summed E-state index contributed by atoms with van der Waals surface area (Å²) in [6, 6.07) is 36.5. The summed E-state index contributed by atoms with van der Waals surface area (Å²) in [6.45, 7) is 4.94. The first-order valence-corrected chi connectivity index (χ1v) is 19.5. The molecule has 0 aromatic heterocycles. The van der Waals surface area contributed by atoms with Crippen LogP contribution in [0.2, 0.25) is 0 Å². The summed E-state index contributed by atoms with van der Waals surface area (Å²) in [5.74, 6) is 11.9.